The van der Waals surface area contributed by atoms with Gasteiger partial charge in [-0.3, -0.25) is 0 Å². The zero-order valence-electron chi connectivity index (χ0n) is 23.8. The molecule has 1 nitrogen and oxygen atoms in total. The highest BCUT2D eigenvalue weighted by atomic mass is 79.9. The predicted molar refractivity (Wildman–Crippen MR) is 174 cm³/mol. The fourth-order valence-corrected chi connectivity index (χ4v) is 7.01. The molecule has 5 aromatic rings. The Labute approximate surface area is 248 Å². The molecule has 5 rings (SSSR count). The monoisotopic (exact) mass is 587 g/mol. The lowest BCUT2D eigenvalue weighted by Crippen LogP contribution is -2.63. The predicted octanol–water partition coefficient (Wildman–Crippen LogP) is 10.5. The highest BCUT2D eigenvalue weighted by Gasteiger charge is 2.55. The Morgan fingerprint density at radius 3 is 0.950 bits per heavy atom. The van der Waals surface area contributed by atoms with Crippen LogP contribution in [0.5, 0.6) is 0 Å². The molecule has 202 valence electrons. The van der Waals surface area contributed by atoms with Crippen LogP contribution in [-0.4, -0.2) is 0 Å². The number of anilines is 1. The van der Waals surface area contributed by atoms with Crippen LogP contribution >= 0.6 is 15.9 Å². The zero-order valence-corrected chi connectivity index (χ0v) is 25.4. The van der Waals surface area contributed by atoms with Crippen molar-refractivity contribution in [1.82, 2.24) is 0 Å². The molecule has 0 aromatic heterocycles. The summed E-state index contributed by atoms with van der Waals surface area (Å²) in [4.78, 5) is 2.75. The van der Waals surface area contributed by atoms with Gasteiger partial charge in [0.25, 0.3) is 0 Å². The molecule has 0 radical (unpaired) electrons. The SMILES string of the molecule is CC(C)C(c1ccccc1)(c1ccccc1)N(c1ccc(Br)cc1)C(c1ccccc1)(c1ccccc1)C(C)C. The Balaban J connectivity index is 2.04. The van der Waals surface area contributed by atoms with Crippen molar-refractivity contribution in [3.63, 3.8) is 0 Å². The van der Waals surface area contributed by atoms with E-state index >= 15 is 0 Å². The van der Waals surface area contributed by atoms with Gasteiger partial charge in [0.1, 0.15) is 0 Å². The molecule has 0 unspecified atom stereocenters. The molecule has 0 aliphatic rings. The van der Waals surface area contributed by atoms with E-state index < -0.39 is 11.1 Å². The number of hydrogen-bond donors (Lipinski definition) is 0. The second-order valence-corrected chi connectivity index (χ2v) is 12.0. The van der Waals surface area contributed by atoms with Gasteiger partial charge in [0.05, 0.1) is 11.1 Å². The van der Waals surface area contributed by atoms with Crippen molar-refractivity contribution in [3.05, 3.63) is 172 Å². The molecule has 0 bridgehead atoms. The van der Waals surface area contributed by atoms with Gasteiger partial charge in [-0.05, 0) is 58.4 Å². The maximum atomic E-state index is 3.71. The van der Waals surface area contributed by atoms with Crippen LogP contribution in [0.2, 0.25) is 0 Å². The summed E-state index contributed by atoms with van der Waals surface area (Å²) in [6.45, 7) is 9.47. The summed E-state index contributed by atoms with van der Waals surface area (Å²) in [6.07, 6.45) is 0. The highest BCUT2D eigenvalue weighted by molar-refractivity contribution is 9.10. The van der Waals surface area contributed by atoms with Gasteiger partial charge in [-0.15, -0.1) is 0 Å². The van der Waals surface area contributed by atoms with E-state index in [0.717, 1.165) is 4.47 Å². The Morgan fingerprint density at radius 1 is 0.425 bits per heavy atom. The fourth-order valence-electron chi connectivity index (χ4n) is 6.74. The van der Waals surface area contributed by atoms with E-state index in [1.165, 1.54) is 27.9 Å². The number of hydrogen-bond acceptors (Lipinski definition) is 1. The highest BCUT2D eigenvalue weighted by Crippen LogP contribution is 2.55. The Morgan fingerprint density at radius 2 is 0.700 bits per heavy atom. The van der Waals surface area contributed by atoms with Crippen molar-refractivity contribution in [3.8, 4) is 0 Å². The van der Waals surface area contributed by atoms with Crippen molar-refractivity contribution in [2.75, 3.05) is 4.90 Å². The first-order valence-corrected chi connectivity index (χ1v) is 15.0. The van der Waals surface area contributed by atoms with Crippen LogP contribution in [0, 0.1) is 11.8 Å². The summed E-state index contributed by atoms with van der Waals surface area (Å²) in [5.41, 5.74) is 5.25. The van der Waals surface area contributed by atoms with Crippen LogP contribution in [0.1, 0.15) is 49.9 Å². The van der Waals surface area contributed by atoms with Gasteiger partial charge in [-0.2, -0.15) is 0 Å². The zero-order chi connectivity index (χ0) is 28.2. The van der Waals surface area contributed by atoms with Crippen LogP contribution in [0.15, 0.2) is 150 Å². The molecule has 0 amide bonds. The van der Waals surface area contributed by atoms with Gasteiger partial charge >= 0.3 is 0 Å². The first-order chi connectivity index (χ1) is 19.4. The lowest BCUT2D eigenvalue weighted by atomic mass is 9.65. The first-order valence-electron chi connectivity index (χ1n) is 14.2. The van der Waals surface area contributed by atoms with Crippen LogP contribution in [0.4, 0.5) is 5.69 Å². The van der Waals surface area contributed by atoms with Gasteiger partial charge in [0, 0.05) is 10.2 Å². The van der Waals surface area contributed by atoms with Gasteiger partial charge in [-0.1, -0.05) is 165 Å². The molecule has 0 atom stereocenters. The van der Waals surface area contributed by atoms with Crippen molar-refractivity contribution in [2.45, 2.75) is 38.8 Å². The lowest BCUT2D eigenvalue weighted by Gasteiger charge is -2.60. The van der Waals surface area contributed by atoms with E-state index in [1.807, 2.05) is 0 Å². The molecule has 0 fully saturated rings. The van der Waals surface area contributed by atoms with Crippen LogP contribution < -0.4 is 4.90 Å². The quantitative estimate of drug-likeness (QED) is 0.166. The Hall–Kier alpha value is -3.62. The minimum Gasteiger partial charge on any atom is -0.343 e. The molecule has 0 heterocycles. The lowest BCUT2D eigenvalue weighted by molar-refractivity contribution is 0.234. The molecule has 40 heavy (non-hydrogen) atoms. The summed E-state index contributed by atoms with van der Waals surface area (Å²) in [5.74, 6) is 0.429. The van der Waals surface area contributed by atoms with Gasteiger partial charge in [-0.25, -0.2) is 0 Å². The van der Waals surface area contributed by atoms with Crippen molar-refractivity contribution < 1.29 is 0 Å². The second kappa shape index (κ2) is 11.9. The van der Waals surface area contributed by atoms with Crippen LogP contribution in [-0.2, 0) is 11.1 Å². The van der Waals surface area contributed by atoms with E-state index in [2.05, 4.69) is 194 Å². The maximum Gasteiger partial charge on any atom is 0.0941 e. The summed E-state index contributed by atoms with van der Waals surface area (Å²) >= 11 is 3.71. The number of rotatable bonds is 9. The topological polar surface area (TPSA) is 3.24 Å². The molecule has 0 spiro atoms. The largest absolute Gasteiger partial charge is 0.343 e. The van der Waals surface area contributed by atoms with Crippen LogP contribution in [0.3, 0.4) is 0 Å². The minimum absolute atomic E-state index is 0.214. The fraction of sp³-hybridized carbons (Fsp3) is 0.211. The van der Waals surface area contributed by atoms with Crippen molar-refractivity contribution in [2.24, 2.45) is 11.8 Å². The number of halogens is 1. The minimum atomic E-state index is -0.508. The third-order valence-electron chi connectivity index (χ3n) is 8.32. The van der Waals surface area contributed by atoms with E-state index in [9.17, 15) is 0 Å². The van der Waals surface area contributed by atoms with Crippen molar-refractivity contribution >= 4 is 21.6 Å². The maximum absolute atomic E-state index is 3.71. The summed E-state index contributed by atoms with van der Waals surface area (Å²) in [6, 6.07) is 53.2. The molecule has 0 aliphatic carbocycles. The molecule has 0 saturated carbocycles. The third-order valence-corrected chi connectivity index (χ3v) is 8.85. The standard InChI is InChI=1S/C38H38BrN/c1-29(2)37(31-17-9-5-10-18-31,32-19-11-6-12-20-32)40(36-27-25-35(39)26-28-36)38(30(3)4,33-21-13-7-14-22-33)34-23-15-8-16-24-34/h5-30H,1-4H3. The van der Waals surface area contributed by atoms with E-state index in [1.54, 1.807) is 0 Å². The second-order valence-electron chi connectivity index (χ2n) is 11.1. The van der Waals surface area contributed by atoms with E-state index in [0.29, 0.717) is 0 Å². The molecule has 0 N–H and O–H groups in total. The molecule has 0 saturated heterocycles. The average molecular weight is 589 g/mol. The molecular weight excluding hydrogens is 550 g/mol. The summed E-state index contributed by atoms with van der Waals surface area (Å²) < 4.78 is 1.07. The number of benzene rings is 5. The molecule has 0 aliphatic heterocycles. The van der Waals surface area contributed by atoms with Gasteiger partial charge in [0.15, 0.2) is 0 Å². The van der Waals surface area contributed by atoms with Crippen molar-refractivity contribution in [1.29, 1.82) is 0 Å². The smallest absolute Gasteiger partial charge is 0.0941 e. The van der Waals surface area contributed by atoms with Crippen LogP contribution in [0.25, 0.3) is 0 Å². The van der Waals surface area contributed by atoms with E-state index in [4.69, 9.17) is 0 Å². The molecule has 2 heteroatoms. The average Bonchev–Trinajstić information content (AvgIpc) is 2.99. The summed E-state index contributed by atoms with van der Waals surface area (Å²) in [5, 5.41) is 0. The number of nitrogens with zero attached hydrogens (tertiary/aromatic N) is 1. The van der Waals surface area contributed by atoms with E-state index in [-0.39, 0.29) is 11.8 Å². The van der Waals surface area contributed by atoms with Gasteiger partial charge < -0.3 is 4.90 Å². The normalized spacial score (nSPS) is 12.1. The Bertz CT molecular complexity index is 1300. The summed E-state index contributed by atoms with van der Waals surface area (Å²) in [7, 11) is 0. The molecule has 5 aromatic carbocycles. The first kappa shape index (κ1) is 27.9. The molecular formula is C38H38BrN. The third kappa shape index (κ3) is 4.69. The van der Waals surface area contributed by atoms with Gasteiger partial charge in [0.2, 0.25) is 0 Å². The Kier molecular flexibility index (Phi) is 8.28.